The van der Waals surface area contributed by atoms with Gasteiger partial charge >= 0.3 is 0 Å². The van der Waals surface area contributed by atoms with Crippen molar-refractivity contribution in [3.8, 4) is 5.75 Å². The third-order valence-corrected chi connectivity index (χ3v) is 5.99. The monoisotopic (exact) mass is 509 g/mol. The van der Waals surface area contributed by atoms with Crippen molar-refractivity contribution in [3.63, 3.8) is 0 Å². The third-order valence-electron chi connectivity index (χ3n) is 5.99. The second kappa shape index (κ2) is 13.6. The summed E-state index contributed by atoms with van der Waals surface area (Å²) in [5, 5.41) is 15.7. The molecule has 1 aliphatic heterocycles. The van der Waals surface area contributed by atoms with Crippen LogP contribution in [0.25, 0.3) is 10.4 Å². The number of aliphatic hydroxyl groups is 1. The summed E-state index contributed by atoms with van der Waals surface area (Å²) in [7, 11) is 0. The van der Waals surface area contributed by atoms with Crippen molar-refractivity contribution < 1.29 is 24.1 Å². The number of azide groups is 1. The molecule has 0 aromatic heterocycles. The first kappa shape index (κ1) is 28.0. The predicted molar refractivity (Wildman–Crippen MR) is 141 cm³/mol. The van der Waals surface area contributed by atoms with E-state index < -0.39 is 11.6 Å². The lowest BCUT2D eigenvalue weighted by molar-refractivity contribution is -0.128. The van der Waals surface area contributed by atoms with Crippen molar-refractivity contribution in [3.05, 3.63) is 70.1 Å². The Labute approximate surface area is 217 Å². The van der Waals surface area contributed by atoms with Gasteiger partial charge in [0.25, 0.3) is 5.91 Å². The summed E-state index contributed by atoms with van der Waals surface area (Å²) >= 11 is 0. The van der Waals surface area contributed by atoms with Gasteiger partial charge in [0.15, 0.2) is 5.54 Å². The van der Waals surface area contributed by atoms with Crippen LogP contribution < -0.4 is 10.1 Å². The highest BCUT2D eigenvalue weighted by atomic mass is 16.5. The molecule has 198 valence electrons. The predicted octanol–water partition coefficient (Wildman–Crippen LogP) is 4.47. The Morgan fingerprint density at radius 2 is 1.97 bits per heavy atom. The molecule has 1 aliphatic rings. The summed E-state index contributed by atoms with van der Waals surface area (Å²) in [6, 6.07) is 14.4. The number of ether oxygens (including phenoxy) is 3. The highest BCUT2D eigenvalue weighted by Gasteiger charge is 2.50. The number of hydrogen-bond acceptors (Lipinski definition) is 7. The summed E-state index contributed by atoms with van der Waals surface area (Å²) in [5.41, 5.74) is 9.61. The van der Waals surface area contributed by atoms with E-state index in [0.29, 0.717) is 61.1 Å². The normalized spacial score (nSPS) is 18.6. The van der Waals surface area contributed by atoms with E-state index in [2.05, 4.69) is 15.3 Å². The fourth-order valence-electron chi connectivity index (χ4n) is 3.99. The van der Waals surface area contributed by atoms with E-state index in [-0.39, 0.29) is 25.0 Å². The lowest BCUT2D eigenvalue weighted by atomic mass is 9.85. The standard InChI is InChI=1S/C27H35N5O5/c1-19(2)35-16-6-14-29-26(34)27(18-22-8-4-5-9-24(22)31-32-28)20(3)37-25(30-27)21-10-12-23(13-11-21)36-17-7-15-33/h4-5,8-13,19-20,33H,6-7,14-18H2,1-3H3,(H,29,34)/t20-,27-/m1/s1. The van der Waals surface area contributed by atoms with Crippen molar-refractivity contribution in [2.75, 3.05) is 26.4 Å². The number of nitrogens with zero attached hydrogens (tertiary/aromatic N) is 4. The van der Waals surface area contributed by atoms with Gasteiger partial charge in [0.2, 0.25) is 5.90 Å². The van der Waals surface area contributed by atoms with E-state index in [1.807, 2.05) is 45.0 Å². The zero-order valence-corrected chi connectivity index (χ0v) is 21.6. The van der Waals surface area contributed by atoms with E-state index in [1.165, 1.54) is 0 Å². The van der Waals surface area contributed by atoms with Crippen LogP contribution in [0.3, 0.4) is 0 Å². The Kier molecular flexibility index (Phi) is 10.3. The van der Waals surface area contributed by atoms with Gasteiger partial charge in [-0.05, 0) is 62.6 Å². The number of nitrogens with one attached hydrogen (secondary N) is 1. The van der Waals surface area contributed by atoms with Crippen LogP contribution in [0, 0.1) is 0 Å². The molecule has 0 saturated heterocycles. The maximum atomic E-state index is 13.6. The molecule has 3 rings (SSSR count). The van der Waals surface area contributed by atoms with Gasteiger partial charge in [-0.3, -0.25) is 4.79 Å². The zero-order valence-electron chi connectivity index (χ0n) is 21.6. The summed E-state index contributed by atoms with van der Waals surface area (Å²) in [4.78, 5) is 21.4. The number of rotatable bonds is 14. The molecule has 0 spiro atoms. The summed E-state index contributed by atoms with van der Waals surface area (Å²) in [6.45, 7) is 7.21. The molecule has 37 heavy (non-hydrogen) atoms. The van der Waals surface area contributed by atoms with Gasteiger partial charge in [-0.1, -0.05) is 29.4 Å². The van der Waals surface area contributed by atoms with Gasteiger partial charge in [0.05, 0.1) is 12.7 Å². The van der Waals surface area contributed by atoms with Gasteiger partial charge in [-0.2, -0.15) is 0 Å². The summed E-state index contributed by atoms with van der Waals surface area (Å²) < 4.78 is 17.3. The molecule has 1 heterocycles. The molecule has 0 saturated carbocycles. The van der Waals surface area contributed by atoms with Gasteiger partial charge in [-0.15, -0.1) is 0 Å². The summed E-state index contributed by atoms with van der Waals surface area (Å²) in [5.74, 6) is 0.757. The first-order valence-electron chi connectivity index (χ1n) is 12.5. The number of hydrogen-bond donors (Lipinski definition) is 2. The Balaban J connectivity index is 1.87. The van der Waals surface area contributed by atoms with Crippen LogP contribution in [0.4, 0.5) is 5.69 Å². The minimum atomic E-state index is -1.26. The van der Waals surface area contributed by atoms with Gasteiger partial charge < -0.3 is 24.6 Å². The minimum absolute atomic E-state index is 0.0678. The number of carbonyl (C=O) groups is 1. The second-order valence-corrected chi connectivity index (χ2v) is 9.08. The summed E-state index contributed by atoms with van der Waals surface area (Å²) in [6.07, 6.45) is 0.964. The maximum absolute atomic E-state index is 13.6. The van der Waals surface area contributed by atoms with Crippen molar-refractivity contribution in [1.29, 1.82) is 0 Å². The molecule has 1 amide bonds. The molecule has 2 aromatic rings. The molecule has 2 atom stereocenters. The van der Waals surface area contributed by atoms with E-state index in [4.69, 9.17) is 29.8 Å². The van der Waals surface area contributed by atoms with Crippen molar-refractivity contribution >= 4 is 17.5 Å². The Hall–Kier alpha value is -3.59. The Bertz CT molecular complexity index is 1110. The molecule has 10 nitrogen and oxygen atoms in total. The molecule has 0 bridgehead atoms. The van der Waals surface area contributed by atoms with Crippen LogP contribution in [0.15, 0.2) is 58.6 Å². The number of amides is 1. The quantitative estimate of drug-likeness (QED) is 0.167. The van der Waals surface area contributed by atoms with Crippen LogP contribution in [-0.4, -0.2) is 61.0 Å². The number of aliphatic hydroxyl groups excluding tert-OH is 1. The van der Waals surface area contributed by atoms with Gasteiger partial charge in [-0.25, -0.2) is 4.99 Å². The second-order valence-electron chi connectivity index (χ2n) is 9.08. The zero-order chi connectivity index (χ0) is 26.7. The molecule has 10 heteroatoms. The Morgan fingerprint density at radius 3 is 2.68 bits per heavy atom. The molecular formula is C27H35N5O5. The smallest absolute Gasteiger partial charge is 0.252 e. The topological polar surface area (TPSA) is 138 Å². The average Bonchev–Trinajstić information content (AvgIpc) is 3.22. The average molecular weight is 510 g/mol. The highest BCUT2D eigenvalue weighted by Crippen LogP contribution is 2.35. The fourth-order valence-corrected chi connectivity index (χ4v) is 3.99. The largest absolute Gasteiger partial charge is 0.494 e. The first-order chi connectivity index (χ1) is 17.9. The first-order valence-corrected chi connectivity index (χ1v) is 12.5. The third kappa shape index (κ3) is 7.45. The molecule has 0 fully saturated rings. The van der Waals surface area contributed by atoms with Crippen LogP contribution >= 0.6 is 0 Å². The minimum Gasteiger partial charge on any atom is -0.494 e. The van der Waals surface area contributed by atoms with E-state index in [1.54, 1.807) is 24.3 Å². The van der Waals surface area contributed by atoms with Crippen molar-refractivity contribution in [1.82, 2.24) is 5.32 Å². The van der Waals surface area contributed by atoms with E-state index >= 15 is 0 Å². The maximum Gasteiger partial charge on any atom is 0.252 e. The SMILES string of the molecule is CC(C)OCCCNC(=O)[C@]1(Cc2ccccc2N=[N+]=[N-])N=C(c2ccc(OCCCO)cc2)O[C@@H]1C. The van der Waals surface area contributed by atoms with Gasteiger partial charge in [0, 0.05) is 48.8 Å². The van der Waals surface area contributed by atoms with Crippen LogP contribution in [0.2, 0.25) is 0 Å². The fraction of sp³-hybridized carbons (Fsp3) is 0.481. The molecule has 2 aromatic carbocycles. The van der Waals surface area contributed by atoms with Crippen LogP contribution in [0.1, 0.15) is 44.7 Å². The number of aliphatic imine (C=N–C) groups is 1. The molecular weight excluding hydrogens is 474 g/mol. The Morgan fingerprint density at radius 1 is 1.22 bits per heavy atom. The molecule has 0 unspecified atom stereocenters. The van der Waals surface area contributed by atoms with E-state index in [9.17, 15) is 4.79 Å². The lowest BCUT2D eigenvalue weighted by Crippen LogP contribution is -2.52. The van der Waals surface area contributed by atoms with Crippen molar-refractivity contribution in [2.45, 2.75) is 57.8 Å². The molecule has 0 aliphatic carbocycles. The van der Waals surface area contributed by atoms with Crippen molar-refractivity contribution in [2.24, 2.45) is 10.1 Å². The lowest BCUT2D eigenvalue weighted by Gasteiger charge is -2.28. The number of carbonyl (C=O) groups excluding carboxylic acids is 1. The van der Waals surface area contributed by atoms with Crippen LogP contribution in [0.5, 0.6) is 5.75 Å². The van der Waals surface area contributed by atoms with E-state index in [0.717, 1.165) is 0 Å². The molecule has 0 radical (unpaired) electrons. The number of benzene rings is 2. The highest BCUT2D eigenvalue weighted by molar-refractivity contribution is 6.01. The molecule has 2 N–H and O–H groups in total. The van der Waals surface area contributed by atoms with Gasteiger partial charge in [0.1, 0.15) is 11.9 Å². The van der Waals surface area contributed by atoms with Crippen LogP contribution in [-0.2, 0) is 20.7 Å².